The Bertz CT molecular complexity index is 562. The van der Waals surface area contributed by atoms with Crippen LogP contribution in [0.5, 0.6) is 0 Å². The molecule has 108 valence electrons. The SMILES string of the molecule is CC(C)c1nn(C)cc1CNC1(C)CCS(=O)(=O)C1. The van der Waals surface area contributed by atoms with Crippen LogP contribution in [0.2, 0.25) is 0 Å². The summed E-state index contributed by atoms with van der Waals surface area (Å²) in [6.07, 6.45) is 2.70. The first-order valence-corrected chi connectivity index (χ1v) is 8.51. The van der Waals surface area contributed by atoms with E-state index in [4.69, 9.17) is 0 Å². The van der Waals surface area contributed by atoms with Gasteiger partial charge in [0.2, 0.25) is 0 Å². The van der Waals surface area contributed by atoms with Gasteiger partial charge in [-0.05, 0) is 19.3 Å². The van der Waals surface area contributed by atoms with Gasteiger partial charge in [-0.1, -0.05) is 13.8 Å². The lowest BCUT2D eigenvalue weighted by molar-refractivity contribution is 0.394. The Labute approximate surface area is 115 Å². The highest BCUT2D eigenvalue weighted by molar-refractivity contribution is 7.91. The van der Waals surface area contributed by atoms with Crippen molar-refractivity contribution in [2.24, 2.45) is 7.05 Å². The van der Waals surface area contributed by atoms with Crippen LogP contribution in [0.3, 0.4) is 0 Å². The summed E-state index contributed by atoms with van der Waals surface area (Å²) >= 11 is 0. The van der Waals surface area contributed by atoms with Crippen molar-refractivity contribution >= 4 is 9.84 Å². The van der Waals surface area contributed by atoms with Gasteiger partial charge in [0.1, 0.15) is 0 Å². The maximum absolute atomic E-state index is 11.6. The maximum atomic E-state index is 11.6. The van der Waals surface area contributed by atoms with Gasteiger partial charge in [-0.2, -0.15) is 5.10 Å². The topological polar surface area (TPSA) is 64.0 Å². The minimum Gasteiger partial charge on any atom is -0.306 e. The molecule has 1 atom stereocenters. The highest BCUT2D eigenvalue weighted by atomic mass is 32.2. The summed E-state index contributed by atoms with van der Waals surface area (Å²) in [6, 6.07) is 0. The summed E-state index contributed by atoms with van der Waals surface area (Å²) in [5.41, 5.74) is 1.94. The molecule has 1 fully saturated rings. The zero-order chi connectivity index (χ0) is 14.3. The number of hydrogen-bond donors (Lipinski definition) is 1. The van der Waals surface area contributed by atoms with E-state index in [0.717, 1.165) is 11.3 Å². The van der Waals surface area contributed by atoms with Gasteiger partial charge >= 0.3 is 0 Å². The summed E-state index contributed by atoms with van der Waals surface area (Å²) in [5.74, 6) is 0.899. The largest absolute Gasteiger partial charge is 0.306 e. The predicted molar refractivity (Wildman–Crippen MR) is 75.8 cm³/mol. The molecule has 1 aromatic heterocycles. The van der Waals surface area contributed by atoms with Crippen LogP contribution in [0, 0.1) is 0 Å². The van der Waals surface area contributed by atoms with Crippen molar-refractivity contribution in [3.05, 3.63) is 17.5 Å². The molecule has 6 heteroatoms. The molecular weight excluding hydrogens is 262 g/mol. The molecule has 1 saturated heterocycles. The zero-order valence-corrected chi connectivity index (χ0v) is 12.9. The van der Waals surface area contributed by atoms with Gasteiger partial charge in [0.05, 0.1) is 17.2 Å². The van der Waals surface area contributed by atoms with Crippen LogP contribution in [0.15, 0.2) is 6.20 Å². The fourth-order valence-electron chi connectivity index (χ4n) is 2.64. The Morgan fingerprint density at radius 1 is 1.53 bits per heavy atom. The minimum atomic E-state index is -2.86. The van der Waals surface area contributed by atoms with Crippen LogP contribution >= 0.6 is 0 Å². The molecule has 5 nitrogen and oxygen atoms in total. The molecule has 0 amide bonds. The van der Waals surface area contributed by atoms with Crippen molar-refractivity contribution in [2.45, 2.75) is 45.2 Å². The van der Waals surface area contributed by atoms with Crippen molar-refractivity contribution in [1.82, 2.24) is 15.1 Å². The minimum absolute atomic E-state index is 0.233. The van der Waals surface area contributed by atoms with Crippen molar-refractivity contribution in [1.29, 1.82) is 0 Å². The average molecular weight is 285 g/mol. The quantitative estimate of drug-likeness (QED) is 0.903. The standard InChI is InChI=1S/C13H23N3O2S/c1-10(2)12-11(8-16(4)15-12)7-14-13(3)5-6-19(17,18)9-13/h8,10,14H,5-7,9H2,1-4H3. The molecule has 0 radical (unpaired) electrons. The molecule has 2 heterocycles. The fourth-order valence-corrected chi connectivity index (χ4v) is 4.76. The second-order valence-corrected chi connectivity index (χ2v) is 8.31. The lowest BCUT2D eigenvalue weighted by Crippen LogP contribution is -2.42. The van der Waals surface area contributed by atoms with Crippen molar-refractivity contribution in [3.63, 3.8) is 0 Å². The second kappa shape index (κ2) is 4.90. The van der Waals surface area contributed by atoms with Gasteiger partial charge < -0.3 is 5.32 Å². The first kappa shape index (κ1) is 14.5. The van der Waals surface area contributed by atoms with Gasteiger partial charge in [-0.15, -0.1) is 0 Å². The molecular formula is C13H23N3O2S. The van der Waals surface area contributed by atoms with Crippen molar-refractivity contribution in [3.8, 4) is 0 Å². The number of hydrogen-bond acceptors (Lipinski definition) is 4. The monoisotopic (exact) mass is 285 g/mol. The molecule has 2 rings (SSSR count). The zero-order valence-electron chi connectivity index (χ0n) is 12.1. The average Bonchev–Trinajstić information content (AvgIpc) is 2.77. The third kappa shape index (κ3) is 3.36. The van der Waals surface area contributed by atoms with E-state index in [-0.39, 0.29) is 11.3 Å². The highest BCUT2D eigenvalue weighted by Gasteiger charge is 2.37. The summed E-state index contributed by atoms with van der Waals surface area (Å²) in [7, 11) is -0.949. The number of nitrogens with one attached hydrogen (secondary N) is 1. The molecule has 0 aliphatic carbocycles. The Balaban J connectivity index is 2.07. The summed E-state index contributed by atoms with van der Waals surface area (Å²) in [5, 5.41) is 7.87. The molecule has 1 N–H and O–H groups in total. The fraction of sp³-hybridized carbons (Fsp3) is 0.769. The number of nitrogens with zero attached hydrogens (tertiary/aromatic N) is 2. The van der Waals surface area contributed by atoms with Crippen LogP contribution in [0.4, 0.5) is 0 Å². The van der Waals surface area contributed by atoms with Crippen molar-refractivity contribution in [2.75, 3.05) is 11.5 Å². The second-order valence-electron chi connectivity index (χ2n) is 6.12. The number of rotatable bonds is 4. The number of aromatic nitrogens is 2. The third-order valence-corrected chi connectivity index (χ3v) is 5.60. The molecule has 0 aromatic carbocycles. The highest BCUT2D eigenvalue weighted by Crippen LogP contribution is 2.24. The van der Waals surface area contributed by atoms with E-state index in [0.29, 0.717) is 24.6 Å². The smallest absolute Gasteiger partial charge is 0.152 e. The van der Waals surface area contributed by atoms with E-state index in [1.165, 1.54) is 0 Å². The Hall–Kier alpha value is -0.880. The van der Waals surface area contributed by atoms with E-state index < -0.39 is 9.84 Å². The predicted octanol–water partition coefficient (Wildman–Crippen LogP) is 1.21. The molecule has 1 aromatic rings. The van der Waals surface area contributed by atoms with E-state index in [2.05, 4.69) is 24.3 Å². The van der Waals surface area contributed by atoms with Gasteiger partial charge in [0.25, 0.3) is 0 Å². The third-order valence-electron chi connectivity index (χ3n) is 3.69. The molecule has 0 spiro atoms. The van der Waals surface area contributed by atoms with Gasteiger partial charge in [-0.3, -0.25) is 4.68 Å². The van der Waals surface area contributed by atoms with Crippen LogP contribution in [-0.2, 0) is 23.4 Å². The first-order chi connectivity index (χ1) is 8.71. The molecule has 1 aliphatic rings. The van der Waals surface area contributed by atoms with Crippen LogP contribution < -0.4 is 5.32 Å². The lowest BCUT2D eigenvalue weighted by atomic mass is 10.0. The Morgan fingerprint density at radius 2 is 2.21 bits per heavy atom. The number of sulfone groups is 1. The van der Waals surface area contributed by atoms with Crippen LogP contribution in [0.1, 0.15) is 44.4 Å². The lowest BCUT2D eigenvalue weighted by Gasteiger charge is -2.24. The van der Waals surface area contributed by atoms with E-state index in [1.807, 2.05) is 24.9 Å². The summed E-state index contributed by atoms with van der Waals surface area (Å²) < 4.78 is 25.0. The van der Waals surface area contributed by atoms with Crippen LogP contribution in [0.25, 0.3) is 0 Å². The Kier molecular flexibility index (Phi) is 3.75. The van der Waals surface area contributed by atoms with Gasteiger partial charge in [0.15, 0.2) is 9.84 Å². The molecule has 19 heavy (non-hydrogen) atoms. The van der Waals surface area contributed by atoms with Gasteiger partial charge in [-0.25, -0.2) is 8.42 Å². The molecule has 0 saturated carbocycles. The number of aryl methyl sites for hydroxylation is 1. The van der Waals surface area contributed by atoms with E-state index >= 15 is 0 Å². The van der Waals surface area contributed by atoms with Crippen LogP contribution in [-0.4, -0.2) is 35.2 Å². The van der Waals surface area contributed by atoms with Gasteiger partial charge in [0, 0.05) is 30.9 Å². The molecule has 1 aliphatic heterocycles. The summed E-state index contributed by atoms with van der Waals surface area (Å²) in [4.78, 5) is 0. The summed E-state index contributed by atoms with van der Waals surface area (Å²) in [6.45, 7) is 6.90. The molecule has 1 unspecified atom stereocenters. The Morgan fingerprint density at radius 3 is 2.74 bits per heavy atom. The van der Waals surface area contributed by atoms with E-state index in [1.54, 1.807) is 0 Å². The first-order valence-electron chi connectivity index (χ1n) is 6.69. The molecule has 0 bridgehead atoms. The maximum Gasteiger partial charge on any atom is 0.152 e. The van der Waals surface area contributed by atoms with Crippen molar-refractivity contribution < 1.29 is 8.42 Å². The van der Waals surface area contributed by atoms with E-state index in [9.17, 15) is 8.42 Å². The normalized spacial score (nSPS) is 26.2.